The Labute approximate surface area is 358 Å². The van der Waals surface area contributed by atoms with Crippen LogP contribution in [0.3, 0.4) is 0 Å². The normalized spacial score (nSPS) is 12.7. The maximum Gasteiger partial charge on any atom is 0.306 e. The van der Waals surface area contributed by atoms with Crippen molar-refractivity contribution in [1.29, 1.82) is 0 Å². The highest BCUT2D eigenvalue weighted by Crippen LogP contribution is 2.20. The minimum absolute atomic E-state index is 0.0307. The number of nitrogens with zero attached hydrogens (tertiary/aromatic N) is 1. The van der Waals surface area contributed by atoms with Crippen molar-refractivity contribution in [2.75, 3.05) is 26.8 Å². The first-order chi connectivity index (χ1) is 28.1. The highest BCUT2D eigenvalue weighted by molar-refractivity contribution is 5.70. The third kappa shape index (κ3) is 37.7. The van der Waals surface area contributed by atoms with Crippen molar-refractivity contribution in [3.8, 4) is 0 Å². The Balaban J connectivity index is 4.27. The van der Waals surface area contributed by atoms with Crippen LogP contribution in [-0.4, -0.2) is 61.8 Å². The molecule has 0 spiro atoms. The average Bonchev–Trinajstić information content (AvgIpc) is 3.18. The summed E-state index contributed by atoms with van der Waals surface area (Å²) in [5.74, 6) is 0.356. The lowest BCUT2D eigenvalue weighted by atomic mass is 9.98. The van der Waals surface area contributed by atoms with Crippen LogP contribution in [0.25, 0.3) is 0 Å². The molecule has 0 amide bonds. The molecule has 3 atom stereocenters. The molecule has 0 aromatic heterocycles. The number of rotatable bonds is 41. The van der Waals surface area contributed by atoms with E-state index in [1.54, 1.807) is 0 Å². The van der Waals surface area contributed by atoms with Gasteiger partial charge in [-0.25, -0.2) is 0 Å². The molecule has 0 fully saturated rings. The van der Waals surface area contributed by atoms with Crippen molar-refractivity contribution >= 4 is 17.9 Å². The molecule has 0 saturated carbocycles. The van der Waals surface area contributed by atoms with Crippen LogP contribution in [0.5, 0.6) is 0 Å². The smallest absolute Gasteiger partial charge is 0.306 e. The average molecular weight is 814 g/mol. The number of carbonyl (C=O) groups is 3. The molecule has 0 aliphatic carbocycles. The fraction of sp³-hybridized carbons (Fsp3) is 0.843. The van der Waals surface area contributed by atoms with Crippen LogP contribution in [0.1, 0.15) is 227 Å². The molecule has 3 unspecified atom stereocenters. The number of esters is 3. The summed E-state index contributed by atoms with van der Waals surface area (Å²) >= 11 is 0. The van der Waals surface area contributed by atoms with Crippen LogP contribution in [0.4, 0.5) is 0 Å². The van der Waals surface area contributed by atoms with Gasteiger partial charge in [-0.15, -0.1) is 0 Å². The zero-order chi connectivity index (χ0) is 42.9. The van der Waals surface area contributed by atoms with E-state index in [4.69, 9.17) is 14.2 Å². The third-order valence-corrected chi connectivity index (χ3v) is 11.3. The Kier molecular flexibility index (Phi) is 39.4. The molecule has 7 heteroatoms. The molecule has 0 aromatic carbocycles. The lowest BCUT2D eigenvalue weighted by molar-refractivity contribution is -0.150. The first-order valence-electron chi connectivity index (χ1n) is 24.2. The first kappa shape index (κ1) is 55.5. The van der Waals surface area contributed by atoms with E-state index in [1.165, 1.54) is 89.9 Å². The van der Waals surface area contributed by atoms with Crippen LogP contribution in [0.2, 0.25) is 0 Å². The number of ether oxygens (including phenoxy) is 3. The van der Waals surface area contributed by atoms with E-state index >= 15 is 0 Å². The summed E-state index contributed by atoms with van der Waals surface area (Å²) in [5, 5.41) is 0. The first-order valence-corrected chi connectivity index (χ1v) is 24.2. The van der Waals surface area contributed by atoms with Gasteiger partial charge in [0.05, 0.1) is 19.6 Å². The van der Waals surface area contributed by atoms with Crippen molar-refractivity contribution in [3.63, 3.8) is 0 Å². The molecule has 0 rings (SSSR count). The second-order valence-electron chi connectivity index (χ2n) is 17.3. The lowest BCUT2D eigenvalue weighted by Gasteiger charge is -2.21. The van der Waals surface area contributed by atoms with E-state index in [0.29, 0.717) is 44.4 Å². The lowest BCUT2D eigenvalue weighted by Crippen LogP contribution is -2.28. The monoisotopic (exact) mass is 814 g/mol. The molecule has 0 heterocycles. The number of hydrogen-bond acceptors (Lipinski definition) is 7. The van der Waals surface area contributed by atoms with Gasteiger partial charge in [0.15, 0.2) is 0 Å². The summed E-state index contributed by atoms with van der Waals surface area (Å²) in [6.07, 6.45) is 33.6. The summed E-state index contributed by atoms with van der Waals surface area (Å²) in [5.41, 5.74) is 8.26. The van der Waals surface area contributed by atoms with Gasteiger partial charge in [0.25, 0.3) is 0 Å². The largest absolute Gasteiger partial charge is 0.466 e. The van der Waals surface area contributed by atoms with Crippen LogP contribution in [-0.2, 0) is 28.6 Å². The van der Waals surface area contributed by atoms with Gasteiger partial charge < -0.3 is 19.1 Å². The van der Waals surface area contributed by atoms with Crippen LogP contribution < -0.4 is 0 Å². The number of unbranched alkanes of at least 4 members (excludes halogenated alkanes) is 18. The second kappa shape index (κ2) is 41.2. The Hall–Kier alpha value is -2.55. The molecule has 0 radical (unpaired) electrons. The Morgan fingerprint density at radius 3 is 1.55 bits per heavy atom. The van der Waals surface area contributed by atoms with Crippen LogP contribution >= 0.6 is 0 Å². The van der Waals surface area contributed by atoms with E-state index < -0.39 is 0 Å². The fourth-order valence-electron chi connectivity index (χ4n) is 7.25. The van der Waals surface area contributed by atoms with Crippen molar-refractivity contribution in [2.45, 2.75) is 239 Å². The summed E-state index contributed by atoms with van der Waals surface area (Å²) in [6, 6.07) is 0.479. The molecule has 0 aliphatic rings. The summed E-state index contributed by atoms with van der Waals surface area (Å²) in [4.78, 5) is 39.5. The molecule has 0 aromatic rings. The molecule has 336 valence electrons. The zero-order valence-corrected chi connectivity index (χ0v) is 38.8. The van der Waals surface area contributed by atoms with E-state index in [1.807, 2.05) is 6.08 Å². The van der Waals surface area contributed by atoms with Gasteiger partial charge >= 0.3 is 17.9 Å². The predicted octanol–water partition coefficient (Wildman–Crippen LogP) is 14.0. The van der Waals surface area contributed by atoms with Gasteiger partial charge in [0.1, 0.15) is 6.10 Å². The minimum atomic E-state index is -0.123. The van der Waals surface area contributed by atoms with Gasteiger partial charge in [-0.2, -0.15) is 0 Å². The molecule has 0 aliphatic heterocycles. The van der Waals surface area contributed by atoms with E-state index in [0.717, 1.165) is 90.0 Å². The Morgan fingerprint density at radius 1 is 0.586 bits per heavy atom. The van der Waals surface area contributed by atoms with E-state index in [-0.39, 0.29) is 29.9 Å². The Bertz CT molecular complexity index is 1120. The van der Waals surface area contributed by atoms with Crippen molar-refractivity contribution < 1.29 is 28.6 Å². The van der Waals surface area contributed by atoms with Crippen molar-refractivity contribution in [2.24, 2.45) is 11.8 Å². The van der Waals surface area contributed by atoms with Gasteiger partial charge in [-0.05, 0) is 109 Å². The molecule has 0 N–H and O–H groups in total. The second-order valence-corrected chi connectivity index (χ2v) is 17.3. The molecule has 7 nitrogen and oxygen atoms in total. The standard InChI is InChI=1S/C51H91NO6/c1-8-11-26-34-46(6)43-50(54)56-41-31-24-20-16-14-18-22-29-37-48(58-49(53)39-33-40-52(7)45(4)5)38-30-23-19-15-17-21-25-32-42-57-51(55)44-47(35-27-12-9-2)36-28-13-10-3/h35,45-48H,2,8,10-11,13-26,28-34,36-44H2,1,3-7H3. The number of hydrogen-bond donors (Lipinski definition) is 0. The van der Waals surface area contributed by atoms with Crippen molar-refractivity contribution in [1.82, 2.24) is 4.90 Å². The van der Waals surface area contributed by atoms with Crippen molar-refractivity contribution in [3.05, 3.63) is 29.8 Å². The summed E-state index contributed by atoms with van der Waals surface area (Å²) in [6.45, 7) is 16.4. The SMILES string of the molecule is C=C=C=C=CC(CCCCC)CC(=O)OCCCCCCCCCCC(CCCCCCCCCCOC(=O)CC(C)CCCCC)OC(=O)CCCN(C)C(C)C. The number of carbonyl (C=O) groups excluding carboxylic acids is 3. The highest BCUT2D eigenvalue weighted by Gasteiger charge is 2.16. The number of allylic oxidation sites excluding steroid dienone is 1. The van der Waals surface area contributed by atoms with Crippen LogP contribution in [0.15, 0.2) is 29.8 Å². The van der Waals surface area contributed by atoms with E-state index in [9.17, 15) is 14.4 Å². The zero-order valence-electron chi connectivity index (χ0n) is 38.8. The molecule has 58 heavy (non-hydrogen) atoms. The van der Waals surface area contributed by atoms with Gasteiger partial charge in [0.2, 0.25) is 0 Å². The highest BCUT2D eigenvalue weighted by atomic mass is 16.5. The summed E-state index contributed by atoms with van der Waals surface area (Å²) < 4.78 is 17.1. The minimum Gasteiger partial charge on any atom is -0.466 e. The molecular formula is C51H91NO6. The molecule has 0 bridgehead atoms. The molecular weight excluding hydrogens is 723 g/mol. The Morgan fingerprint density at radius 2 is 1.05 bits per heavy atom. The summed E-state index contributed by atoms with van der Waals surface area (Å²) in [7, 11) is 2.11. The van der Waals surface area contributed by atoms with E-state index in [2.05, 4.69) is 70.3 Å². The topological polar surface area (TPSA) is 82.1 Å². The molecule has 0 saturated heterocycles. The maximum absolute atomic E-state index is 12.8. The predicted molar refractivity (Wildman–Crippen MR) is 243 cm³/mol. The maximum atomic E-state index is 12.8. The van der Waals surface area contributed by atoms with Gasteiger partial charge in [0, 0.05) is 18.9 Å². The van der Waals surface area contributed by atoms with Gasteiger partial charge in [-0.1, -0.05) is 154 Å². The van der Waals surface area contributed by atoms with Crippen LogP contribution in [0, 0.1) is 11.8 Å². The quantitative estimate of drug-likeness (QED) is 0.0263. The third-order valence-electron chi connectivity index (χ3n) is 11.3. The van der Waals surface area contributed by atoms with Gasteiger partial charge in [-0.3, -0.25) is 14.4 Å². The fourth-order valence-corrected chi connectivity index (χ4v) is 7.25.